The van der Waals surface area contributed by atoms with Crippen LogP contribution in [-0.4, -0.2) is 25.6 Å². The van der Waals surface area contributed by atoms with Crippen molar-refractivity contribution in [2.24, 2.45) is 0 Å². The third-order valence-electron chi connectivity index (χ3n) is 17.2. The summed E-state index contributed by atoms with van der Waals surface area (Å²) in [6.07, 6.45) is 1.10. The lowest BCUT2D eigenvalue weighted by molar-refractivity contribution is 1.18. The minimum Gasteiger partial charge on any atom is -0.309 e. The molecule has 1 unspecified atom stereocenters. The van der Waals surface area contributed by atoms with Crippen molar-refractivity contribution in [1.29, 1.82) is 4.01 Å². The number of hydrogen-bond donors (Lipinski definition) is 0. The number of rotatable bonds is 7. The molecule has 0 saturated heterocycles. The molecule has 2 nitrogen and oxygen atoms in total. The summed E-state index contributed by atoms with van der Waals surface area (Å²) in [5, 5.41) is 15.6. The molecule has 0 aliphatic carbocycles. The van der Waals surface area contributed by atoms with Crippen LogP contribution in [0, 0.1) is 0 Å². The van der Waals surface area contributed by atoms with Crippen LogP contribution in [0.1, 0.15) is 0 Å². The maximum Gasteiger partial charge on any atom is 0.0814 e. The molecule has 14 aromatic carbocycles. The average molecular weight is 1420 g/mol. The lowest BCUT2D eigenvalue weighted by Gasteiger charge is -2.18. The van der Waals surface area contributed by atoms with Crippen molar-refractivity contribution in [3.8, 4) is 55.9 Å². The summed E-state index contributed by atoms with van der Waals surface area (Å²) in [7, 11) is -1.42. The molecule has 4 heterocycles. The predicted octanol–water partition coefficient (Wildman–Crippen LogP) is 24.5. The Hall–Kier alpha value is -8.41. The second kappa shape index (κ2) is 24.5. The number of para-hydroxylation sites is 3. The summed E-state index contributed by atoms with van der Waals surface area (Å²) in [5.74, 6) is 0. The number of benzene rings is 14. The molecule has 18 rings (SSSR count). The molecule has 0 spiro atoms. The van der Waals surface area contributed by atoms with E-state index in [1.54, 1.807) is 0 Å². The van der Waals surface area contributed by atoms with Crippen molar-refractivity contribution in [2.75, 3.05) is 4.17 Å². The zero-order valence-corrected chi connectivity index (χ0v) is 55.1. The van der Waals surface area contributed by atoms with E-state index >= 15 is 0 Å². The van der Waals surface area contributed by atoms with Crippen LogP contribution in [0.25, 0.3) is 161 Å². The largest absolute Gasteiger partial charge is 0.309 e. The SMILES string of the molecule is ICPI.[2H]B([3H])[3H].c1ccc(-c2c3ccccc3c(-c3ccc(-n4c5ccccc5c5ccccc54)cc3)c3ccccc23)cc1.c1ccc(-n2c3ccc(-c4cccc5c4sc4ccccc45)cc3c3cc(-c4cccc5c4sc4ccccc45)ccc32)cc1. The average Bonchev–Trinajstić information content (AvgIpc) is 1.29. The van der Waals surface area contributed by atoms with Gasteiger partial charge in [-0.25, -0.2) is 0 Å². The molecule has 8 heteroatoms. The molecule has 89 heavy (non-hydrogen) atoms. The third-order valence-corrected chi connectivity index (χ3v) is 26.5. The highest BCUT2D eigenvalue weighted by Gasteiger charge is 2.20. The topological polar surface area (TPSA) is 9.86 Å². The summed E-state index contributed by atoms with van der Waals surface area (Å²) in [6.45, 7) is 0. The molecule has 0 saturated carbocycles. The zero-order valence-electron chi connectivity index (χ0n) is 51.1. The van der Waals surface area contributed by atoms with Crippen molar-refractivity contribution in [3.63, 3.8) is 0 Å². The Morgan fingerprint density at radius 1 is 0.337 bits per heavy atom. The van der Waals surface area contributed by atoms with Crippen LogP contribution in [0.3, 0.4) is 0 Å². The second-order valence-corrected chi connectivity index (χ2v) is 29.3. The molecule has 0 amide bonds. The first-order valence-corrected chi connectivity index (χ1v) is 37.0. The number of fused-ring (bicyclic) bond motifs is 14. The lowest BCUT2D eigenvalue weighted by Crippen LogP contribution is -1.94. The highest BCUT2D eigenvalue weighted by molar-refractivity contribution is 14.2. The molecule has 0 aliphatic rings. The van der Waals surface area contributed by atoms with Gasteiger partial charge in [0, 0.05) is 77.4 Å². The van der Waals surface area contributed by atoms with Crippen LogP contribution in [-0.2, 0) is 0 Å². The Balaban J connectivity index is 0.000000138. The van der Waals surface area contributed by atoms with Gasteiger partial charge in [0.05, 0.1) is 30.4 Å². The van der Waals surface area contributed by atoms with Gasteiger partial charge in [0.15, 0.2) is 0 Å². The van der Waals surface area contributed by atoms with E-state index in [-0.39, 0.29) is 0 Å². The van der Waals surface area contributed by atoms with Gasteiger partial charge < -0.3 is 9.13 Å². The van der Waals surface area contributed by atoms with Crippen molar-refractivity contribution < 1.29 is 0 Å². The van der Waals surface area contributed by atoms with Gasteiger partial charge in [0.25, 0.3) is 0 Å². The molecule has 0 N–H and O–H groups in total. The van der Waals surface area contributed by atoms with Gasteiger partial charge in [-0.3, -0.25) is 0 Å². The van der Waals surface area contributed by atoms with E-state index in [2.05, 4.69) is 357 Å². The van der Waals surface area contributed by atoms with Crippen LogP contribution in [0.4, 0.5) is 0 Å². The number of hydrogen-bond acceptors (Lipinski definition) is 2. The molecule has 18 aromatic rings. The van der Waals surface area contributed by atoms with Gasteiger partial charge in [0.2, 0.25) is 0 Å². The van der Waals surface area contributed by atoms with E-state index in [0.717, 1.165) is 6.22 Å². The van der Waals surface area contributed by atoms with Crippen LogP contribution < -0.4 is 0 Å². The Bertz CT molecular complexity index is 5460. The van der Waals surface area contributed by atoms with Gasteiger partial charge in [-0.2, -0.15) is 0 Å². The molecule has 0 aliphatic heterocycles. The normalized spacial score (nSPS) is 12.0. The minimum atomic E-state index is -1.42. The Morgan fingerprint density at radius 2 is 0.663 bits per heavy atom. The Labute approximate surface area is 558 Å². The van der Waals surface area contributed by atoms with E-state index in [1.807, 2.05) is 22.7 Å². The van der Waals surface area contributed by atoms with Gasteiger partial charge in [0.1, 0.15) is 0 Å². The monoisotopic (exact) mass is 1420 g/mol. The highest BCUT2D eigenvalue weighted by Crippen LogP contribution is 2.47. The van der Waals surface area contributed by atoms with E-state index in [9.17, 15) is 0 Å². The summed E-state index contributed by atoms with van der Waals surface area (Å²) in [6, 6.07) is 111. The summed E-state index contributed by atoms with van der Waals surface area (Å²) >= 11 is 8.51. The van der Waals surface area contributed by atoms with Gasteiger partial charge in [-0.1, -0.05) is 275 Å². The van der Waals surface area contributed by atoms with Crippen molar-refractivity contribution in [2.45, 2.75) is 0 Å². The number of alkyl halides is 1. The fraction of sp³-hybridized carbons (Fsp3) is 0.0123. The first-order valence-electron chi connectivity index (χ1n) is 31.3. The van der Waals surface area contributed by atoms with Crippen molar-refractivity contribution in [1.82, 2.24) is 9.13 Å². The van der Waals surface area contributed by atoms with Gasteiger partial charge in [-0.15, -0.1) is 22.7 Å². The number of thiophene rings is 2. The van der Waals surface area contributed by atoms with E-state index < -0.39 is 8.30 Å². The fourth-order valence-corrected chi connectivity index (χ4v) is 16.0. The minimum absolute atomic E-state index is 1.10. The van der Waals surface area contributed by atoms with Crippen LogP contribution in [0.2, 0.25) is 0 Å². The van der Waals surface area contributed by atoms with Crippen molar-refractivity contribution >= 4 is 187 Å². The second-order valence-electron chi connectivity index (χ2n) is 22.1. The molecule has 0 fully saturated rings. The van der Waals surface area contributed by atoms with Crippen molar-refractivity contribution in [3.05, 3.63) is 303 Å². The molecule has 0 bridgehead atoms. The van der Waals surface area contributed by atoms with E-state index in [4.69, 9.17) is 4.01 Å². The van der Waals surface area contributed by atoms with E-state index in [1.165, 1.54) is 166 Å². The summed E-state index contributed by atoms with van der Waals surface area (Å²) < 4.78 is 29.2. The Morgan fingerprint density at radius 3 is 1.10 bits per heavy atom. The summed E-state index contributed by atoms with van der Waals surface area (Å²) in [5.41, 5.74) is 17.4. The van der Waals surface area contributed by atoms with Crippen LogP contribution in [0.15, 0.2) is 303 Å². The number of aromatic nitrogens is 2. The fourth-order valence-electron chi connectivity index (χ4n) is 13.5. The molecular weight excluding hydrogens is 1360 g/mol. The van der Waals surface area contributed by atoms with Gasteiger partial charge >= 0.3 is 0 Å². The maximum absolute atomic E-state index is 5.92. The molecule has 424 valence electrons. The van der Waals surface area contributed by atoms with Crippen LogP contribution in [0.5, 0.6) is 0 Å². The third kappa shape index (κ3) is 10.0. The first-order chi connectivity index (χ1) is 45.3. The smallest absolute Gasteiger partial charge is 0.0814 e. The van der Waals surface area contributed by atoms with E-state index in [0.29, 0.717) is 0 Å². The number of nitrogens with zero attached hydrogens (tertiary/aromatic N) is 2. The summed E-state index contributed by atoms with van der Waals surface area (Å²) in [4.78, 5) is 0. The Kier molecular flexibility index (Phi) is 14.8. The quantitative estimate of drug-likeness (QED) is 0.0495. The zero-order chi connectivity index (χ0) is 62.2. The van der Waals surface area contributed by atoms with Crippen LogP contribution >= 0.6 is 73.5 Å². The maximum atomic E-state index is 5.92. The highest BCUT2D eigenvalue weighted by atomic mass is 127. The molecule has 4 aromatic heterocycles. The first kappa shape index (κ1) is 53.6. The molecular formula is C81H56BI2N2PS2. The molecule has 0 radical (unpaired) electrons. The standard InChI is InChI=1S/C42H25NS2.C38H25N.CH3I2P.BH3/c1-2-10-28(11-3-1)43-37-22-20-26(29-14-8-16-33-31-12-4-6-18-39(31)44-41(29)33)24-35(37)36-25-27(21-23-38(36)43)30-15-9-17-34-32-13-5-7-19-40(32)45-42(30)34;1-2-12-26(13-3-1)37-31-16-4-6-18-33(31)38(34-19-7-5-17-32(34)37)27-22-24-28(25-23-27)39-35-20-10-8-14-29(35)30-15-9-11-21-36(30)39;2-1-4-3;/h1-25H;1-25H;4H,1H2;1H3/i;;;1T2D. The molecule has 1 atom stereocenters. The predicted molar refractivity (Wildman–Crippen MR) is 415 cm³/mol. The lowest BCUT2D eigenvalue weighted by atomic mass is 9.86. The van der Waals surface area contributed by atoms with Gasteiger partial charge in [-0.05, 0) is 149 Å². The number of halogens is 2.